The Hall–Kier alpha value is -2.21. The molecule has 0 aromatic heterocycles. The lowest BCUT2D eigenvalue weighted by Crippen LogP contribution is -2.21. The second-order valence-electron chi connectivity index (χ2n) is 2.96. The van der Waals surface area contributed by atoms with Crippen molar-refractivity contribution in [1.29, 1.82) is 5.41 Å². The van der Waals surface area contributed by atoms with E-state index in [4.69, 9.17) is 16.9 Å². The van der Waals surface area contributed by atoms with E-state index in [1.54, 1.807) is 12.1 Å². The Morgan fingerprint density at radius 2 is 1.94 bits per heavy atom. The van der Waals surface area contributed by atoms with Gasteiger partial charge in [-0.3, -0.25) is 10.2 Å². The third-order valence-corrected chi connectivity index (χ3v) is 1.78. The van der Waals surface area contributed by atoms with Gasteiger partial charge in [-0.15, -0.1) is 0 Å². The fraction of sp³-hybridized carbons (Fsp3) is 0.100. The molecule has 1 rings (SSSR count). The van der Waals surface area contributed by atoms with Crippen LogP contribution in [0.1, 0.15) is 15.9 Å². The van der Waals surface area contributed by atoms with E-state index >= 15 is 0 Å². The zero-order chi connectivity index (χ0) is 12.1. The highest BCUT2D eigenvalue weighted by atomic mass is 16.6. The van der Waals surface area contributed by atoms with Crippen molar-refractivity contribution in [2.45, 2.75) is 0 Å². The quantitative estimate of drug-likeness (QED) is 0.278. The summed E-state index contributed by atoms with van der Waals surface area (Å²) in [5.74, 6) is -1.78. The van der Waals surface area contributed by atoms with Gasteiger partial charge in [-0.25, -0.2) is 4.79 Å². The summed E-state index contributed by atoms with van der Waals surface area (Å²) in [5, 5.41) is 7.19. The molecule has 6 heteroatoms. The molecule has 1 aromatic rings. The fourth-order valence-electron chi connectivity index (χ4n) is 1.02. The average Bonchev–Trinajstić information content (AvgIpc) is 2.28. The van der Waals surface area contributed by atoms with Crippen LogP contribution < -0.4 is 11.5 Å². The van der Waals surface area contributed by atoms with E-state index in [9.17, 15) is 9.59 Å². The number of benzene rings is 1. The first kappa shape index (κ1) is 11.9. The van der Waals surface area contributed by atoms with Crippen LogP contribution in [0, 0.1) is 5.41 Å². The number of carbonyl (C=O) groups excluding carboxylic acids is 2. The van der Waals surface area contributed by atoms with Crippen LogP contribution >= 0.6 is 0 Å². The molecule has 0 saturated carbocycles. The van der Waals surface area contributed by atoms with Crippen molar-refractivity contribution in [3.63, 3.8) is 0 Å². The number of esters is 2. The summed E-state index contributed by atoms with van der Waals surface area (Å²) in [6.45, 7) is -0.363. The standard InChI is InChI=1S/C10H11N3O3/c11-5-8(14)16-10(15)7-3-1-2-6(4-7)9(12)13/h1-4H,5,11H2,(H3,12,13). The number of hydrogen-bond donors (Lipinski definition) is 3. The Morgan fingerprint density at radius 3 is 2.50 bits per heavy atom. The molecule has 1 aromatic carbocycles. The Bertz CT molecular complexity index is 443. The van der Waals surface area contributed by atoms with Gasteiger partial charge in [0.25, 0.3) is 0 Å². The van der Waals surface area contributed by atoms with Gasteiger partial charge in [-0.05, 0) is 12.1 Å². The number of rotatable bonds is 3. The van der Waals surface area contributed by atoms with E-state index in [1.807, 2.05) is 0 Å². The van der Waals surface area contributed by atoms with Crippen LogP contribution in [0.3, 0.4) is 0 Å². The van der Waals surface area contributed by atoms with E-state index in [2.05, 4.69) is 4.74 Å². The molecule has 0 aliphatic carbocycles. The molecule has 0 spiro atoms. The fourth-order valence-corrected chi connectivity index (χ4v) is 1.02. The van der Waals surface area contributed by atoms with E-state index in [0.717, 1.165) is 0 Å². The topological polar surface area (TPSA) is 119 Å². The predicted octanol–water partition coefficient (Wildman–Crippen LogP) is -0.387. The van der Waals surface area contributed by atoms with E-state index in [-0.39, 0.29) is 17.9 Å². The molecule has 0 amide bonds. The second-order valence-corrected chi connectivity index (χ2v) is 2.96. The number of amidine groups is 1. The highest BCUT2D eigenvalue weighted by molar-refractivity contribution is 6.01. The lowest BCUT2D eigenvalue weighted by atomic mass is 10.1. The van der Waals surface area contributed by atoms with E-state index in [0.29, 0.717) is 5.56 Å². The van der Waals surface area contributed by atoms with Gasteiger partial charge in [-0.2, -0.15) is 0 Å². The first-order chi connectivity index (χ1) is 7.54. The molecule has 0 aliphatic heterocycles. The molecule has 0 atom stereocenters. The van der Waals surface area contributed by atoms with Crippen molar-refractivity contribution >= 4 is 17.8 Å². The minimum atomic E-state index is -0.807. The molecular formula is C10H11N3O3. The molecule has 16 heavy (non-hydrogen) atoms. The minimum absolute atomic E-state index is 0.148. The van der Waals surface area contributed by atoms with Crippen LogP contribution in [-0.4, -0.2) is 24.3 Å². The number of carbonyl (C=O) groups is 2. The van der Waals surface area contributed by atoms with E-state index < -0.39 is 11.9 Å². The summed E-state index contributed by atoms with van der Waals surface area (Å²) in [6, 6.07) is 5.94. The van der Waals surface area contributed by atoms with Crippen molar-refractivity contribution in [2.24, 2.45) is 11.5 Å². The van der Waals surface area contributed by atoms with Crippen LogP contribution in [0.15, 0.2) is 24.3 Å². The maximum atomic E-state index is 11.4. The SMILES string of the molecule is N=C(N)c1cccc(C(=O)OC(=O)CN)c1. The van der Waals surface area contributed by atoms with Gasteiger partial charge in [-0.1, -0.05) is 12.1 Å². The third kappa shape index (κ3) is 2.89. The van der Waals surface area contributed by atoms with Gasteiger partial charge < -0.3 is 16.2 Å². The average molecular weight is 221 g/mol. The predicted molar refractivity (Wildman–Crippen MR) is 56.9 cm³/mol. The number of ether oxygens (including phenoxy) is 1. The molecule has 6 nitrogen and oxygen atoms in total. The molecule has 84 valence electrons. The van der Waals surface area contributed by atoms with Crippen LogP contribution in [-0.2, 0) is 9.53 Å². The summed E-state index contributed by atoms with van der Waals surface area (Å²) >= 11 is 0. The maximum absolute atomic E-state index is 11.4. The highest BCUT2D eigenvalue weighted by Gasteiger charge is 2.12. The number of nitrogen functional groups attached to an aromatic ring is 1. The second kappa shape index (κ2) is 5.04. The maximum Gasteiger partial charge on any atom is 0.345 e. The summed E-state index contributed by atoms with van der Waals surface area (Å²) in [5.41, 5.74) is 10.8. The molecule has 0 fully saturated rings. The molecule has 0 saturated heterocycles. The van der Waals surface area contributed by atoms with Gasteiger partial charge in [0, 0.05) is 5.56 Å². The van der Waals surface area contributed by atoms with Gasteiger partial charge in [0.2, 0.25) is 0 Å². The largest absolute Gasteiger partial charge is 0.388 e. The summed E-state index contributed by atoms with van der Waals surface area (Å²) in [6.07, 6.45) is 0. The Kier molecular flexibility index (Phi) is 3.73. The number of nitrogens with one attached hydrogen (secondary N) is 1. The Balaban J connectivity index is 2.88. The zero-order valence-electron chi connectivity index (χ0n) is 8.40. The lowest BCUT2D eigenvalue weighted by molar-refractivity contribution is -0.136. The molecule has 5 N–H and O–H groups in total. The monoisotopic (exact) mass is 221 g/mol. The molecule has 0 unspecified atom stereocenters. The molecule has 0 aliphatic rings. The van der Waals surface area contributed by atoms with Gasteiger partial charge in [0.15, 0.2) is 0 Å². The number of nitrogens with two attached hydrogens (primary N) is 2. The van der Waals surface area contributed by atoms with Crippen molar-refractivity contribution in [2.75, 3.05) is 6.54 Å². The third-order valence-electron chi connectivity index (χ3n) is 1.78. The summed E-state index contributed by atoms with van der Waals surface area (Å²) in [7, 11) is 0. The van der Waals surface area contributed by atoms with Crippen LogP contribution in [0.4, 0.5) is 0 Å². The molecule has 0 radical (unpaired) electrons. The van der Waals surface area contributed by atoms with Crippen LogP contribution in [0.5, 0.6) is 0 Å². The smallest absolute Gasteiger partial charge is 0.345 e. The Morgan fingerprint density at radius 1 is 1.31 bits per heavy atom. The van der Waals surface area contributed by atoms with Crippen LogP contribution in [0.2, 0.25) is 0 Å². The first-order valence-electron chi connectivity index (χ1n) is 4.44. The van der Waals surface area contributed by atoms with Crippen molar-refractivity contribution in [3.05, 3.63) is 35.4 Å². The molecular weight excluding hydrogens is 210 g/mol. The van der Waals surface area contributed by atoms with Crippen molar-refractivity contribution < 1.29 is 14.3 Å². The van der Waals surface area contributed by atoms with Gasteiger partial charge >= 0.3 is 11.9 Å². The normalized spacial score (nSPS) is 9.56. The van der Waals surface area contributed by atoms with Gasteiger partial charge in [0.05, 0.1) is 12.1 Å². The van der Waals surface area contributed by atoms with Gasteiger partial charge in [0.1, 0.15) is 5.84 Å². The number of hydrogen-bond acceptors (Lipinski definition) is 5. The summed E-state index contributed by atoms with van der Waals surface area (Å²) in [4.78, 5) is 22.2. The zero-order valence-corrected chi connectivity index (χ0v) is 8.40. The van der Waals surface area contributed by atoms with Crippen LogP contribution in [0.25, 0.3) is 0 Å². The Labute approximate surface area is 91.7 Å². The van der Waals surface area contributed by atoms with E-state index in [1.165, 1.54) is 12.1 Å². The van der Waals surface area contributed by atoms with Crippen molar-refractivity contribution in [3.8, 4) is 0 Å². The van der Waals surface area contributed by atoms with Crippen molar-refractivity contribution in [1.82, 2.24) is 0 Å². The first-order valence-corrected chi connectivity index (χ1v) is 4.44. The highest BCUT2D eigenvalue weighted by Crippen LogP contribution is 2.06. The molecule has 0 bridgehead atoms. The molecule has 0 heterocycles. The lowest BCUT2D eigenvalue weighted by Gasteiger charge is -2.03. The summed E-state index contributed by atoms with van der Waals surface area (Å²) < 4.78 is 4.41. The minimum Gasteiger partial charge on any atom is -0.388 e.